The second-order valence-electron chi connectivity index (χ2n) is 8.47. The van der Waals surface area contributed by atoms with E-state index >= 15 is 0 Å². The van der Waals surface area contributed by atoms with Crippen LogP contribution < -0.4 is 4.74 Å². The van der Waals surface area contributed by atoms with Crippen molar-refractivity contribution in [1.82, 2.24) is 0 Å². The summed E-state index contributed by atoms with van der Waals surface area (Å²) in [6, 6.07) is 8.42. The third-order valence-electron chi connectivity index (χ3n) is 5.68. The molecule has 0 bridgehead atoms. The van der Waals surface area contributed by atoms with Gasteiger partial charge in [0.2, 0.25) is 0 Å². The highest BCUT2D eigenvalue weighted by atomic mass is 16.5. The number of carbonyl (C=O) groups excluding carboxylic acids is 2. The molecule has 0 unspecified atom stereocenters. The molecule has 0 saturated carbocycles. The Morgan fingerprint density at radius 1 is 0.758 bits per heavy atom. The summed E-state index contributed by atoms with van der Waals surface area (Å²) in [5.74, 6) is -0.791. The van der Waals surface area contributed by atoms with Crippen LogP contribution in [0, 0.1) is 0 Å². The van der Waals surface area contributed by atoms with Crippen LogP contribution in [0.15, 0.2) is 36.4 Å². The molecule has 0 fully saturated rings. The van der Waals surface area contributed by atoms with Crippen LogP contribution in [0.4, 0.5) is 0 Å². The lowest BCUT2D eigenvalue weighted by Gasteiger charge is -2.09. The van der Waals surface area contributed by atoms with Crippen molar-refractivity contribution < 1.29 is 29.6 Å². The molecule has 2 aromatic rings. The number of ketones is 1. The van der Waals surface area contributed by atoms with Crippen molar-refractivity contribution in [3.63, 3.8) is 0 Å². The number of aryl methyl sites for hydroxylation is 1. The third-order valence-corrected chi connectivity index (χ3v) is 5.68. The number of esters is 1. The molecule has 0 atom stereocenters. The van der Waals surface area contributed by atoms with Gasteiger partial charge in [-0.1, -0.05) is 64.4 Å². The van der Waals surface area contributed by atoms with Gasteiger partial charge in [0.25, 0.3) is 0 Å². The summed E-state index contributed by atoms with van der Waals surface area (Å²) in [5.41, 5.74) is 0.662. The number of benzene rings is 2. The van der Waals surface area contributed by atoms with Crippen molar-refractivity contribution in [1.29, 1.82) is 0 Å². The maximum absolute atomic E-state index is 12.3. The summed E-state index contributed by atoms with van der Waals surface area (Å²) >= 11 is 0. The average Bonchev–Trinajstić information content (AvgIpc) is 2.77. The lowest BCUT2D eigenvalue weighted by Crippen LogP contribution is -2.07. The number of unbranched alkanes of at least 4 members (excludes halogenated alkanes) is 8. The van der Waals surface area contributed by atoms with E-state index in [0.717, 1.165) is 25.3 Å². The normalized spacial score (nSPS) is 10.8. The molecule has 0 radical (unpaired) electrons. The number of carbonyl (C=O) groups is 2. The quantitative estimate of drug-likeness (QED) is 0.123. The highest BCUT2D eigenvalue weighted by molar-refractivity contribution is 5.98. The molecule has 0 heterocycles. The summed E-state index contributed by atoms with van der Waals surface area (Å²) in [4.78, 5) is 24.4. The van der Waals surface area contributed by atoms with Gasteiger partial charge in [0.15, 0.2) is 5.78 Å². The molecule has 6 heteroatoms. The molecular weight excluding hydrogens is 420 g/mol. The summed E-state index contributed by atoms with van der Waals surface area (Å²) < 4.78 is 5.32. The van der Waals surface area contributed by atoms with Gasteiger partial charge in [0.1, 0.15) is 23.0 Å². The number of aromatic hydroxyl groups is 3. The van der Waals surface area contributed by atoms with E-state index in [1.165, 1.54) is 56.7 Å². The van der Waals surface area contributed by atoms with E-state index in [1.807, 2.05) is 0 Å². The predicted molar refractivity (Wildman–Crippen MR) is 128 cm³/mol. The Balaban J connectivity index is 1.70. The highest BCUT2D eigenvalue weighted by Gasteiger charge is 2.14. The molecule has 0 amide bonds. The first-order valence-electron chi connectivity index (χ1n) is 12.0. The molecular formula is C27H36O6. The largest absolute Gasteiger partial charge is 0.508 e. The van der Waals surface area contributed by atoms with E-state index in [9.17, 15) is 24.9 Å². The van der Waals surface area contributed by atoms with E-state index in [1.54, 1.807) is 12.1 Å². The van der Waals surface area contributed by atoms with Gasteiger partial charge in [-0.05, 0) is 36.6 Å². The van der Waals surface area contributed by atoms with E-state index in [2.05, 4.69) is 6.92 Å². The second-order valence-corrected chi connectivity index (χ2v) is 8.47. The Labute approximate surface area is 196 Å². The van der Waals surface area contributed by atoms with Crippen LogP contribution in [-0.2, 0) is 11.2 Å². The fourth-order valence-electron chi connectivity index (χ4n) is 3.72. The Bertz CT molecular complexity index is 905. The molecule has 6 nitrogen and oxygen atoms in total. The maximum Gasteiger partial charge on any atom is 0.311 e. The van der Waals surface area contributed by atoms with Crippen molar-refractivity contribution >= 4 is 11.8 Å². The first-order valence-corrected chi connectivity index (χ1v) is 12.0. The van der Waals surface area contributed by atoms with Crippen LogP contribution in [-0.4, -0.2) is 27.1 Å². The summed E-state index contributed by atoms with van der Waals surface area (Å²) in [5, 5.41) is 29.4. The molecule has 3 N–H and O–H groups in total. The van der Waals surface area contributed by atoms with Crippen LogP contribution in [0.3, 0.4) is 0 Å². The van der Waals surface area contributed by atoms with Crippen molar-refractivity contribution in [2.24, 2.45) is 0 Å². The first-order chi connectivity index (χ1) is 15.9. The molecule has 0 aliphatic carbocycles. The summed E-state index contributed by atoms with van der Waals surface area (Å²) in [6.45, 7) is 2.21. The molecule has 2 aromatic carbocycles. The number of phenolic OH excluding ortho intramolecular Hbond substituents is 3. The second kappa shape index (κ2) is 14.2. The fraction of sp³-hybridized carbons (Fsp3) is 0.481. The molecule has 0 spiro atoms. The standard InChI is InChI=1S/C27H36O6/c1-2-3-4-5-6-7-8-9-10-11-27(32)33-22-15-12-20(25(30)19-22)13-17-24(29)23-16-14-21(28)18-26(23)31/h12,14-16,18-19,28,30-31H,2-11,13,17H2,1H3. The number of Topliss-reactive ketones (excluding diaryl/α,β-unsaturated/α-hetero) is 1. The van der Waals surface area contributed by atoms with Crippen LogP contribution in [0.5, 0.6) is 23.0 Å². The molecule has 0 aliphatic rings. The van der Waals surface area contributed by atoms with Crippen LogP contribution in [0.25, 0.3) is 0 Å². The number of ether oxygens (including phenoxy) is 1. The van der Waals surface area contributed by atoms with Crippen LogP contribution in [0.2, 0.25) is 0 Å². The molecule has 0 aliphatic heterocycles. The third kappa shape index (κ3) is 9.56. The SMILES string of the molecule is CCCCCCCCCCCC(=O)Oc1ccc(CCC(=O)c2ccc(O)cc2O)c(O)c1. The van der Waals surface area contributed by atoms with Gasteiger partial charge in [-0.25, -0.2) is 0 Å². The van der Waals surface area contributed by atoms with E-state index in [-0.39, 0.29) is 53.2 Å². The number of hydrogen-bond donors (Lipinski definition) is 3. The smallest absolute Gasteiger partial charge is 0.311 e. The molecule has 2 rings (SSSR count). The highest BCUT2D eigenvalue weighted by Crippen LogP contribution is 2.27. The fourth-order valence-corrected chi connectivity index (χ4v) is 3.72. The van der Waals surface area contributed by atoms with Crippen molar-refractivity contribution in [3.05, 3.63) is 47.5 Å². The Kier molecular flexibility index (Phi) is 11.3. The van der Waals surface area contributed by atoms with Gasteiger partial charge in [-0.15, -0.1) is 0 Å². The van der Waals surface area contributed by atoms with Gasteiger partial charge in [-0.2, -0.15) is 0 Å². The Hall–Kier alpha value is -3.02. The summed E-state index contributed by atoms with van der Waals surface area (Å²) in [7, 11) is 0. The van der Waals surface area contributed by atoms with Gasteiger partial charge < -0.3 is 20.1 Å². The summed E-state index contributed by atoms with van der Waals surface area (Å²) in [6.07, 6.45) is 11.3. The van der Waals surface area contributed by atoms with E-state index in [4.69, 9.17) is 4.74 Å². The van der Waals surface area contributed by atoms with Gasteiger partial charge in [0.05, 0.1) is 5.56 Å². The zero-order valence-corrected chi connectivity index (χ0v) is 19.5. The minimum absolute atomic E-state index is 0.0499. The lowest BCUT2D eigenvalue weighted by molar-refractivity contribution is -0.134. The minimum atomic E-state index is -0.317. The number of rotatable bonds is 15. The minimum Gasteiger partial charge on any atom is -0.508 e. The zero-order chi connectivity index (χ0) is 24.1. The topological polar surface area (TPSA) is 104 Å². The van der Waals surface area contributed by atoms with Gasteiger partial charge in [0, 0.05) is 25.0 Å². The molecule has 33 heavy (non-hydrogen) atoms. The van der Waals surface area contributed by atoms with Crippen molar-refractivity contribution in [2.45, 2.75) is 84.0 Å². The van der Waals surface area contributed by atoms with Gasteiger partial charge in [-0.3, -0.25) is 9.59 Å². The van der Waals surface area contributed by atoms with Crippen molar-refractivity contribution in [3.8, 4) is 23.0 Å². The first kappa shape index (κ1) is 26.2. The molecule has 0 saturated heterocycles. The zero-order valence-electron chi connectivity index (χ0n) is 19.5. The monoisotopic (exact) mass is 456 g/mol. The van der Waals surface area contributed by atoms with Crippen molar-refractivity contribution in [2.75, 3.05) is 0 Å². The van der Waals surface area contributed by atoms with Crippen LogP contribution >= 0.6 is 0 Å². The average molecular weight is 457 g/mol. The lowest BCUT2D eigenvalue weighted by atomic mass is 10.0. The van der Waals surface area contributed by atoms with Gasteiger partial charge >= 0.3 is 5.97 Å². The predicted octanol–water partition coefficient (Wildman–Crippen LogP) is 6.45. The van der Waals surface area contributed by atoms with E-state index in [0.29, 0.717) is 12.0 Å². The molecule has 0 aromatic heterocycles. The van der Waals surface area contributed by atoms with E-state index < -0.39 is 0 Å². The number of phenols is 3. The Morgan fingerprint density at radius 2 is 1.42 bits per heavy atom. The maximum atomic E-state index is 12.3. The number of hydrogen-bond acceptors (Lipinski definition) is 6. The van der Waals surface area contributed by atoms with Crippen LogP contribution in [0.1, 0.15) is 93.5 Å². The Morgan fingerprint density at radius 3 is 2.06 bits per heavy atom. The molecule has 180 valence electrons.